The van der Waals surface area contributed by atoms with Gasteiger partial charge in [0.15, 0.2) is 11.5 Å². The maximum absolute atomic E-state index is 12.2. The largest absolute Gasteiger partial charge is 0.489 e. The third-order valence-corrected chi connectivity index (χ3v) is 6.54. The zero-order valence-electron chi connectivity index (χ0n) is 23.2. The van der Waals surface area contributed by atoms with E-state index in [-0.39, 0.29) is 18.1 Å². The number of anilines is 1. The van der Waals surface area contributed by atoms with Crippen LogP contribution in [-0.2, 0) is 19.3 Å². The van der Waals surface area contributed by atoms with E-state index >= 15 is 0 Å². The lowest BCUT2D eigenvalue weighted by atomic mass is 9.98. The zero-order chi connectivity index (χ0) is 27.0. The maximum atomic E-state index is 12.2. The Hall–Kier alpha value is -2.77. The summed E-state index contributed by atoms with van der Waals surface area (Å²) in [4.78, 5) is 14.4. The molecule has 1 unspecified atom stereocenters. The second-order valence-corrected chi connectivity index (χ2v) is 11.2. The lowest BCUT2D eigenvalue weighted by Gasteiger charge is -2.22. The highest BCUT2D eigenvalue weighted by molar-refractivity contribution is 6.00. The number of benzene rings is 2. The zero-order valence-corrected chi connectivity index (χ0v) is 23.2. The molecule has 1 aliphatic rings. The van der Waals surface area contributed by atoms with E-state index in [1.54, 1.807) is 0 Å². The Morgan fingerprint density at radius 2 is 1.95 bits per heavy atom. The number of amides is 1. The summed E-state index contributed by atoms with van der Waals surface area (Å²) in [7, 11) is 0. The minimum absolute atomic E-state index is 0.0696. The number of hydrogen-bond acceptors (Lipinski definition) is 6. The first kappa shape index (κ1) is 28.8. The Morgan fingerprint density at radius 1 is 1.16 bits per heavy atom. The second-order valence-electron chi connectivity index (χ2n) is 11.2. The van der Waals surface area contributed by atoms with Gasteiger partial charge in [0.2, 0.25) is 0 Å². The molecule has 0 saturated carbocycles. The van der Waals surface area contributed by atoms with Crippen molar-refractivity contribution in [2.75, 3.05) is 44.4 Å². The third-order valence-electron chi connectivity index (χ3n) is 6.54. The van der Waals surface area contributed by atoms with Crippen LogP contribution in [0.4, 0.5) is 5.69 Å². The smallest absolute Gasteiger partial charge is 0.250 e. The van der Waals surface area contributed by atoms with E-state index in [9.17, 15) is 9.90 Å². The van der Waals surface area contributed by atoms with Crippen LogP contribution in [0.2, 0.25) is 0 Å². The number of carbonyl (C=O) groups excluding carboxylic acids is 1. The number of fused-ring (bicyclic) bond motifs is 1. The summed E-state index contributed by atoms with van der Waals surface area (Å²) in [5.41, 5.74) is 10.8. The molecule has 37 heavy (non-hydrogen) atoms. The number of nitrogens with two attached hydrogens (primary N) is 1. The van der Waals surface area contributed by atoms with Gasteiger partial charge in [-0.15, -0.1) is 0 Å². The predicted molar refractivity (Wildman–Crippen MR) is 150 cm³/mol. The van der Waals surface area contributed by atoms with E-state index in [4.69, 9.17) is 15.2 Å². The van der Waals surface area contributed by atoms with Crippen molar-refractivity contribution in [2.24, 2.45) is 11.1 Å². The molecule has 0 bridgehead atoms. The van der Waals surface area contributed by atoms with Gasteiger partial charge in [0.25, 0.3) is 5.91 Å². The Balaban J connectivity index is 1.56. The van der Waals surface area contributed by atoms with Crippen LogP contribution in [0.25, 0.3) is 0 Å². The number of hydrogen-bond donors (Lipinski definition) is 3. The molecule has 3 rings (SSSR count). The Kier molecular flexibility index (Phi) is 10.2. The molecule has 2 aromatic carbocycles. The number of carbonyl (C=O) groups is 1. The van der Waals surface area contributed by atoms with E-state index in [0.29, 0.717) is 31.7 Å². The van der Waals surface area contributed by atoms with Gasteiger partial charge in [0.05, 0.1) is 17.9 Å². The fourth-order valence-electron chi connectivity index (χ4n) is 4.67. The summed E-state index contributed by atoms with van der Waals surface area (Å²) < 4.78 is 12.2. The molecule has 0 aliphatic carbocycles. The van der Waals surface area contributed by atoms with Crippen LogP contribution < -0.4 is 25.4 Å². The number of rotatable bonds is 14. The molecule has 0 radical (unpaired) electrons. The molecule has 0 saturated heterocycles. The van der Waals surface area contributed by atoms with Gasteiger partial charge in [-0.05, 0) is 72.9 Å². The van der Waals surface area contributed by atoms with Gasteiger partial charge in [-0.3, -0.25) is 4.79 Å². The van der Waals surface area contributed by atoms with E-state index in [0.717, 1.165) is 60.7 Å². The van der Waals surface area contributed by atoms with Crippen LogP contribution in [0.5, 0.6) is 11.5 Å². The van der Waals surface area contributed by atoms with E-state index in [1.807, 2.05) is 12.1 Å². The van der Waals surface area contributed by atoms with Crippen LogP contribution in [0.1, 0.15) is 68.1 Å². The standard InChI is InChI=1S/C30H45N3O4/c1-6-22-8-9-26(27(19-22)37-20-30(3,4)5)36-15-11-32-21(2)16-23-17-24-10-13-33(12-7-14-34)28(24)25(18-23)29(31)35/h8-9,17-19,21,32,34H,6-7,10-16,20H2,1-5H3,(H2,31,35). The van der Waals surface area contributed by atoms with Crippen LogP contribution >= 0.6 is 0 Å². The highest BCUT2D eigenvalue weighted by Gasteiger charge is 2.25. The van der Waals surface area contributed by atoms with Crippen molar-refractivity contribution in [1.29, 1.82) is 0 Å². The van der Waals surface area contributed by atoms with Gasteiger partial charge in [-0.1, -0.05) is 39.8 Å². The number of nitrogens with one attached hydrogen (secondary N) is 1. The molecule has 1 heterocycles. The summed E-state index contributed by atoms with van der Waals surface area (Å²) in [6.45, 7) is 14.3. The molecule has 0 fully saturated rings. The van der Waals surface area contributed by atoms with Gasteiger partial charge in [0.1, 0.15) is 6.61 Å². The van der Waals surface area contributed by atoms with Crippen LogP contribution in [0.15, 0.2) is 30.3 Å². The van der Waals surface area contributed by atoms with Crippen molar-refractivity contribution in [3.8, 4) is 11.5 Å². The van der Waals surface area contributed by atoms with E-state index in [2.05, 4.69) is 63.0 Å². The normalized spacial score (nSPS) is 13.9. The van der Waals surface area contributed by atoms with Crippen molar-refractivity contribution < 1.29 is 19.4 Å². The molecule has 0 aromatic heterocycles. The first-order chi connectivity index (χ1) is 17.6. The first-order valence-corrected chi connectivity index (χ1v) is 13.5. The van der Waals surface area contributed by atoms with Gasteiger partial charge < -0.3 is 30.5 Å². The predicted octanol–water partition coefficient (Wildman–Crippen LogP) is 4.12. The molecular weight excluding hydrogens is 466 g/mol. The lowest BCUT2D eigenvalue weighted by Crippen LogP contribution is -2.32. The minimum atomic E-state index is -0.401. The van der Waals surface area contributed by atoms with Gasteiger partial charge in [-0.2, -0.15) is 0 Å². The Morgan fingerprint density at radius 3 is 2.62 bits per heavy atom. The monoisotopic (exact) mass is 511 g/mol. The van der Waals surface area contributed by atoms with Gasteiger partial charge >= 0.3 is 0 Å². The maximum Gasteiger partial charge on any atom is 0.250 e. The van der Waals surface area contributed by atoms with Gasteiger partial charge in [0, 0.05) is 32.3 Å². The second kappa shape index (κ2) is 13.2. The molecule has 204 valence electrons. The molecule has 1 aliphatic heterocycles. The van der Waals surface area contributed by atoms with Crippen molar-refractivity contribution in [1.82, 2.24) is 5.32 Å². The van der Waals surface area contributed by atoms with Crippen molar-refractivity contribution in [2.45, 2.75) is 66.3 Å². The molecule has 0 spiro atoms. The van der Waals surface area contributed by atoms with Crippen molar-refractivity contribution in [3.05, 3.63) is 52.6 Å². The fourth-order valence-corrected chi connectivity index (χ4v) is 4.67. The number of primary amides is 1. The number of aliphatic hydroxyl groups excluding tert-OH is 1. The summed E-state index contributed by atoms with van der Waals surface area (Å²) in [5.74, 6) is 1.17. The third kappa shape index (κ3) is 8.37. The average molecular weight is 512 g/mol. The molecule has 1 atom stereocenters. The average Bonchev–Trinajstić information content (AvgIpc) is 3.26. The highest BCUT2D eigenvalue weighted by atomic mass is 16.5. The Labute approximate surface area is 222 Å². The Bertz CT molecular complexity index is 1050. The van der Waals surface area contributed by atoms with Crippen LogP contribution in [0.3, 0.4) is 0 Å². The topological polar surface area (TPSA) is 97.0 Å². The van der Waals surface area contributed by atoms with Crippen LogP contribution in [-0.4, -0.2) is 56.5 Å². The highest BCUT2D eigenvalue weighted by Crippen LogP contribution is 2.34. The van der Waals surface area contributed by atoms with Crippen LogP contribution in [0, 0.1) is 5.41 Å². The summed E-state index contributed by atoms with van der Waals surface area (Å²) in [6, 6.07) is 10.5. The lowest BCUT2D eigenvalue weighted by molar-refractivity contribution is 0.100. The summed E-state index contributed by atoms with van der Waals surface area (Å²) in [5, 5.41) is 12.7. The number of ether oxygens (including phenoxy) is 2. The van der Waals surface area contributed by atoms with E-state index in [1.165, 1.54) is 5.56 Å². The molecule has 7 nitrogen and oxygen atoms in total. The molecule has 4 N–H and O–H groups in total. The number of aliphatic hydroxyl groups is 1. The molecule has 7 heteroatoms. The number of nitrogens with zero attached hydrogens (tertiary/aromatic N) is 1. The van der Waals surface area contributed by atoms with E-state index < -0.39 is 5.91 Å². The summed E-state index contributed by atoms with van der Waals surface area (Å²) >= 11 is 0. The minimum Gasteiger partial charge on any atom is -0.489 e. The molecule has 2 aromatic rings. The first-order valence-electron chi connectivity index (χ1n) is 13.5. The number of aryl methyl sites for hydroxylation is 1. The molecular formula is C30H45N3O4. The summed E-state index contributed by atoms with van der Waals surface area (Å²) in [6.07, 6.45) is 3.30. The van der Waals surface area contributed by atoms with Crippen molar-refractivity contribution in [3.63, 3.8) is 0 Å². The fraction of sp³-hybridized carbons (Fsp3) is 0.567. The SMILES string of the molecule is CCc1ccc(OCCNC(C)Cc2cc3c(c(C(N)=O)c2)N(CCCO)CC3)c(OCC(C)(C)C)c1. The molecule has 1 amide bonds. The van der Waals surface area contributed by atoms with Crippen molar-refractivity contribution >= 4 is 11.6 Å². The quantitative estimate of drug-likeness (QED) is 0.330. The van der Waals surface area contributed by atoms with Gasteiger partial charge in [-0.25, -0.2) is 0 Å².